The van der Waals surface area contributed by atoms with E-state index < -0.39 is 11.7 Å². The molecule has 0 aliphatic rings. The van der Waals surface area contributed by atoms with Gasteiger partial charge in [0.1, 0.15) is 0 Å². The van der Waals surface area contributed by atoms with Gasteiger partial charge in [-0.25, -0.2) is 0 Å². The number of hydrogen-bond acceptors (Lipinski definition) is 2. The van der Waals surface area contributed by atoms with Crippen LogP contribution in [0.2, 0.25) is 0 Å². The summed E-state index contributed by atoms with van der Waals surface area (Å²) >= 11 is 0. The summed E-state index contributed by atoms with van der Waals surface area (Å²) in [6.07, 6.45) is 5.06. The van der Waals surface area contributed by atoms with Gasteiger partial charge in [0.2, 0.25) is 5.78 Å². The van der Waals surface area contributed by atoms with Crippen molar-refractivity contribution in [3.05, 3.63) is 0 Å². The van der Waals surface area contributed by atoms with E-state index in [4.69, 9.17) is 6.42 Å². The molecule has 1 amide bonds. The summed E-state index contributed by atoms with van der Waals surface area (Å²) in [6.45, 7) is 1.74. The Morgan fingerprint density at radius 1 is 1.60 bits per heavy atom. The molecule has 0 spiro atoms. The zero-order chi connectivity index (χ0) is 7.98. The monoisotopic (exact) mass is 139 g/mol. The normalized spacial score (nSPS) is 8.00. The Labute approximate surface area is 59.8 Å². The maximum atomic E-state index is 10.6. The minimum Gasteiger partial charge on any atom is -0.339 e. The number of Topliss-reactive ketones (excluding diaryl/α,β-unsaturated/α-hetero) is 1. The van der Waals surface area contributed by atoms with Gasteiger partial charge in [-0.1, -0.05) is 12.8 Å². The molecule has 1 N–H and O–H groups in total. The number of nitrogens with one attached hydrogen (secondary N) is 1. The molecule has 0 aromatic carbocycles. The predicted octanol–water partition coefficient (Wildman–Crippen LogP) is -0.285. The first kappa shape index (κ1) is 8.70. The highest BCUT2D eigenvalue weighted by Crippen LogP contribution is 1.78. The quantitative estimate of drug-likeness (QED) is 0.431. The molecule has 0 aromatic heterocycles. The predicted molar refractivity (Wildman–Crippen MR) is 37.1 cm³/mol. The average molecular weight is 139 g/mol. The molecule has 3 nitrogen and oxygen atoms in total. The molecule has 0 aromatic rings. The van der Waals surface area contributed by atoms with Crippen molar-refractivity contribution in [1.82, 2.24) is 5.32 Å². The molecule has 0 heterocycles. The van der Waals surface area contributed by atoms with E-state index in [2.05, 4.69) is 11.2 Å². The molecule has 3 heteroatoms. The lowest BCUT2D eigenvalue weighted by Gasteiger charge is -1.95. The summed E-state index contributed by atoms with van der Waals surface area (Å²) in [5.74, 6) is 1.16. The van der Waals surface area contributed by atoms with Crippen LogP contribution in [0.25, 0.3) is 0 Å². The summed E-state index contributed by atoms with van der Waals surface area (Å²) < 4.78 is 0. The number of ketones is 1. The van der Waals surface area contributed by atoms with Crippen molar-refractivity contribution in [2.75, 3.05) is 6.54 Å². The third kappa shape index (κ3) is 2.88. The summed E-state index contributed by atoms with van der Waals surface area (Å²) in [5, 5.41) is 2.26. The Kier molecular flexibility index (Phi) is 3.97. The van der Waals surface area contributed by atoms with Gasteiger partial charge in [0.15, 0.2) is 0 Å². The second kappa shape index (κ2) is 4.57. The maximum absolute atomic E-state index is 10.6. The Bertz CT molecular complexity index is 179. The third-order valence-electron chi connectivity index (χ3n) is 0.925. The van der Waals surface area contributed by atoms with Crippen LogP contribution < -0.4 is 5.32 Å². The van der Waals surface area contributed by atoms with Crippen LogP contribution in [0.15, 0.2) is 0 Å². The van der Waals surface area contributed by atoms with Crippen LogP contribution >= 0.6 is 0 Å². The lowest BCUT2D eigenvalue weighted by Crippen LogP contribution is -2.30. The van der Waals surface area contributed by atoms with Crippen molar-refractivity contribution in [3.63, 3.8) is 0 Å². The van der Waals surface area contributed by atoms with E-state index in [1.165, 1.54) is 0 Å². The van der Waals surface area contributed by atoms with Crippen molar-refractivity contribution >= 4 is 11.7 Å². The van der Waals surface area contributed by atoms with Gasteiger partial charge >= 0.3 is 0 Å². The van der Waals surface area contributed by atoms with Crippen LogP contribution in [-0.4, -0.2) is 18.2 Å². The molecule has 0 fully saturated rings. The van der Waals surface area contributed by atoms with Crippen LogP contribution in [0, 0.1) is 12.3 Å². The van der Waals surface area contributed by atoms with E-state index in [-0.39, 0.29) is 13.0 Å². The number of carbonyl (C=O) groups excluding carboxylic acids is 2. The van der Waals surface area contributed by atoms with Crippen LogP contribution in [0.4, 0.5) is 0 Å². The molecule has 0 aliphatic heterocycles. The van der Waals surface area contributed by atoms with Crippen LogP contribution in [0.3, 0.4) is 0 Å². The highest BCUT2D eigenvalue weighted by molar-refractivity contribution is 6.36. The minimum atomic E-state index is -0.597. The van der Waals surface area contributed by atoms with Crippen molar-refractivity contribution < 1.29 is 9.59 Å². The fourth-order valence-corrected chi connectivity index (χ4v) is 0.390. The number of carbonyl (C=O) groups is 2. The van der Waals surface area contributed by atoms with Gasteiger partial charge in [-0.3, -0.25) is 9.59 Å². The van der Waals surface area contributed by atoms with Gasteiger partial charge in [-0.05, 0) is 0 Å². The maximum Gasteiger partial charge on any atom is 0.288 e. The first-order valence-electron chi connectivity index (χ1n) is 2.96. The standard InChI is InChI=1S/C7H9NO2/c1-3-5-8-7(10)6(9)4-2/h1H,4-5H2,2H3,(H,8,10). The topological polar surface area (TPSA) is 46.2 Å². The summed E-state index contributed by atoms with van der Waals surface area (Å²) in [5.41, 5.74) is 0. The molecule has 0 atom stereocenters. The molecule has 0 unspecified atom stereocenters. The molecule has 0 saturated heterocycles. The molecule has 0 aliphatic carbocycles. The molecule has 0 saturated carbocycles. The van der Waals surface area contributed by atoms with Gasteiger partial charge in [0.05, 0.1) is 6.54 Å². The zero-order valence-corrected chi connectivity index (χ0v) is 5.81. The van der Waals surface area contributed by atoms with Gasteiger partial charge in [0.25, 0.3) is 5.91 Å². The number of hydrogen-bond donors (Lipinski definition) is 1. The van der Waals surface area contributed by atoms with Crippen molar-refractivity contribution in [3.8, 4) is 12.3 Å². The first-order chi connectivity index (χ1) is 4.72. The second-order valence-electron chi connectivity index (χ2n) is 1.66. The number of terminal acetylenes is 1. The first-order valence-corrected chi connectivity index (χ1v) is 2.96. The van der Waals surface area contributed by atoms with Crippen LogP contribution in [0.1, 0.15) is 13.3 Å². The SMILES string of the molecule is C#CCNC(=O)C(=O)CC. The molecule has 0 radical (unpaired) electrons. The highest BCUT2D eigenvalue weighted by Gasteiger charge is 2.07. The third-order valence-corrected chi connectivity index (χ3v) is 0.925. The fourth-order valence-electron chi connectivity index (χ4n) is 0.390. The van der Waals surface area contributed by atoms with E-state index in [0.29, 0.717) is 0 Å². The minimum absolute atomic E-state index is 0.116. The van der Waals surface area contributed by atoms with Gasteiger partial charge in [-0.15, -0.1) is 6.42 Å². The van der Waals surface area contributed by atoms with Crippen molar-refractivity contribution in [2.45, 2.75) is 13.3 Å². The van der Waals surface area contributed by atoms with E-state index in [1.54, 1.807) is 6.92 Å². The van der Waals surface area contributed by atoms with E-state index in [1.807, 2.05) is 0 Å². The lowest BCUT2D eigenvalue weighted by atomic mass is 10.3. The smallest absolute Gasteiger partial charge is 0.288 e. The van der Waals surface area contributed by atoms with E-state index in [0.717, 1.165) is 0 Å². The Morgan fingerprint density at radius 2 is 2.20 bits per heavy atom. The van der Waals surface area contributed by atoms with Crippen LogP contribution in [-0.2, 0) is 9.59 Å². The average Bonchev–Trinajstić information content (AvgIpc) is 1.98. The fraction of sp³-hybridized carbons (Fsp3) is 0.429. The highest BCUT2D eigenvalue weighted by atomic mass is 16.2. The largest absolute Gasteiger partial charge is 0.339 e. The Balaban J connectivity index is 3.65. The van der Waals surface area contributed by atoms with Gasteiger partial charge in [-0.2, -0.15) is 0 Å². The zero-order valence-electron chi connectivity index (χ0n) is 5.81. The van der Waals surface area contributed by atoms with Crippen molar-refractivity contribution in [1.29, 1.82) is 0 Å². The van der Waals surface area contributed by atoms with Crippen molar-refractivity contribution in [2.24, 2.45) is 0 Å². The van der Waals surface area contributed by atoms with E-state index >= 15 is 0 Å². The molecule has 54 valence electrons. The number of rotatable bonds is 3. The Morgan fingerprint density at radius 3 is 2.60 bits per heavy atom. The van der Waals surface area contributed by atoms with E-state index in [9.17, 15) is 9.59 Å². The molecular weight excluding hydrogens is 130 g/mol. The second-order valence-corrected chi connectivity index (χ2v) is 1.66. The van der Waals surface area contributed by atoms with Gasteiger partial charge in [0, 0.05) is 6.42 Å². The molecule has 0 rings (SSSR count). The summed E-state index contributed by atoms with van der Waals surface area (Å²) in [4.78, 5) is 21.1. The molecule has 10 heavy (non-hydrogen) atoms. The summed E-state index contributed by atoms with van der Waals surface area (Å²) in [6, 6.07) is 0. The molecule has 0 bridgehead atoms. The van der Waals surface area contributed by atoms with Crippen LogP contribution in [0.5, 0.6) is 0 Å². The summed E-state index contributed by atoms with van der Waals surface area (Å²) in [7, 11) is 0. The number of amides is 1. The molecular formula is C7H9NO2. The Hall–Kier alpha value is -1.30. The van der Waals surface area contributed by atoms with Gasteiger partial charge < -0.3 is 5.32 Å². The lowest BCUT2D eigenvalue weighted by molar-refractivity contribution is -0.137.